The van der Waals surface area contributed by atoms with Crippen molar-refractivity contribution in [1.29, 1.82) is 0 Å². The lowest BCUT2D eigenvalue weighted by molar-refractivity contribution is 0.0926. The lowest BCUT2D eigenvalue weighted by atomic mass is 10.1. The highest BCUT2D eigenvalue weighted by Crippen LogP contribution is 2.31. The zero-order valence-electron chi connectivity index (χ0n) is 13.8. The third-order valence-electron chi connectivity index (χ3n) is 4.40. The number of hydrogen-bond acceptors (Lipinski definition) is 4. The van der Waals surface area contributed by atoms with Crippen molar-refractivity contribution in [3.63, 3.8) is 0 Å². The van der Waals surface area contributed by atoms with Gasteiger partial charge in [0.25, 0.3) is 11.8 Å². The van der Waals surface area contributed by atoms with Crippen molar-refractivity contribution in [3.8, 4) is 5.75 Å². The third-order valence-corrected chi connectivity index (χ3v) is 4.40. The summed E-state index contributed by atoms with van der Waals surface area (Å²) in [5, 5.41) is 10.1. The van der Waals surface area contributed by atoms with E-state index < -0.39 is 0 Å². The number of carbonyl (C=O) groups excluding carboxylic acids is 2. The normalized spacial score (nSPS) is 13.7. The average Bonchev–Trinajstić information content (AvgIpc) is 2.86. The van der Waals surface area contributed by atoms with Gasteiger partial charge < -0.3 is 5.11 Å². The van der Waals surface area contributed by atoms with Crippen LogP contribution in [0.1, 0.15) is 40.1 Å². The van der Waals surface area contributed by atoms with Crippen LogP contribution in [0.3, 0.4) is 0 Å². The minimum atomic E-state index is -0.324. The number of amides is 2. The number of phenols is 1. The number of carbonyl (C=O) groups is 2. The summed E-state index contributed by atoms with van der Waals surface area (Å²) in [6.07, 6.45) is 0. The molecule has 0 aliphatic carbocycles. The Morgan fingerprint density at radius 2 is 1.54 bits per heavy atom. The third kappa shape index (κ3) is 2.67. The highest BCUT2D eigenvalue weighted by Gasteiger charge is 2.36. The fraction of sp³-hybridized carbons (Fsp3) is 0.263. The van der Waals surface area contributed by atoms with Crippen LogP contribution >= 0.6 is 0 Å². The Bertz CT molecular complexity index is 762. The fourth-order valence-corrected chi connectivity index (χ4v) is 2.95. The van der Waals surface area contributed by atoms with E-state index in [1.165, 1.54) is 11.0 Å². The molecule has 0 unspecified atom stereocenters. The highest BCUT2D eigenvalue weighted by molar-refractivity contribution is 6.34. The van der Waals surface area contributed by atoms with Crippen LogP contribution < -0.4 is 4.90 Å². The Labute approximate surface area is 141 Å². The second-order valence-corrected chi connectivity index (χ2v) is 5.77. The van der Waals surface area contributed by atoms with Crippen LogP contribution in [0, 0.1) is 0 Å². The zero-order chi connectivity index (χ0) is 17.3. The van der Waals surface area contributed by atoms with E-state index in [2.05, 4.69) is 18.7 Å². The molecule has 1 heterocycles. The average molecular weight is 324 g/mol. The predicted molar refractivity (Wildman–Crippen MR) is 92.3 cm³/mol. The Morgan fingerprint density at radius 1 is 0.958 bits per heavy atom. The maximum atomic E-state index is 12.6. The first-order chi connectivity index (χ1) is 11.6. The van der Waals surface area contributed by atoms with E-state index in [-0.39, 0.29) is 17.6 Å². The number of aromatic hydroxyl groups is 1. The van der Waals surface area contributed by atoms with E-state index in [1.54, 1.807) is 36.4 Å². The lowest BCUT2D eigenvalue weighted by Crippen LogP contribution is -2.29. The van der Waals surface area contributed by atoms with Gasteiger partial charge in [-0.3, -0.25) is 14.5 Å². The van der Waals surface area contributed by atoms with Gasteiger partial charge in [-0.15, -0.1) is 0 Å². The van der Waals surface area contributed by atoms with Gasteiger partial charge in [-0.05, 0) is 43.4 Å². The molecule has 2 aromatic rings. The zero-order valence-corrected chi connectivity index (χ0v) is 13.8. The molecule has 0 atom stereocenters. The van der Waals surface area contributed by atoms with Crippen LogP contribution in [0.15, 0.2) is 42.5 Å². The molecular weight excluding hydrogens is 304 g/mol. The minimum Gasteiger partial charge on any atom is -0.508 e. The number of nitrogens with zero attached hydrogens (tertiary/aromatic N) is 2. The molecule has 0 aromatic heterocycles. The number of benzene rings is 2. The number of phenolic OH excluding ortho intramolecular Hbond substituents is 1. The van der Waals surface area contributed by atoms with Gasteiger partial charge in [-0.1, -0.05) is 26.0 Å². The molecule has 5 heteroatoms. The predicted octanol–water partition coefficient (Wildman–Crippen LogP) is 3.03. The molecule has 0 saturated carbocycles. The van der Waals surface area contributed by atoms with Crippen molar-refractivity contribution in [3.05, 3.63) is 59.2 Å². The Morgan fingerprint density at radius 3 is 2.08 bits per heavy atom. The van der Waals surface area contributed by atoms with Crippen LogP contribution in [0.25, 0.3) is 0 Å². The quantitative estimate of drug-likeness (QED) is 0.859. The van der Waals surface area contributed by atoms with Crippen molar-refractivity contribution >= 4 is 17.5 Å². The molecule has 0 spiro atoms. The van der Waals surface area contributed by atoms with Crippen LogP contribution in [-0.2, 0) is 6.54 Å². The molecule has 0 saturated heterocycles. The SMILES string of the molecule is CCN(CC)Cc1cc(N2C(=O)c3ccccc3C2=O)ccc1O. The van der Waals surface area contributed by atoms with Crippen molar-refractivity contribution in [2.24, 2.45) is 0 Å². The molecule has 124 valence electrons. The summed E-state index contributed by atoms with van der Waals surface area (Å²) in [6.45, 7) is 6.37. The van der Waals surface area contributed by atoms with Gasteiger partial charge >= 0.3 is 0 Å². The molecule has 2 aromatic carbocycles. The standard InChI is InChI=1S/C19H20N2O3/c1-3-20(4-2)12-13-11-14(9-10-17(13)22)21-18(23)15-7-5-6-8-16(15)19(21)24/h5-11,22H,3-4,12H2,1-2H3. The largest absolute Gasteiger partial charge is 0.508 e. The van der Waals surface area contributed by atoms with Crippen molar-refractivity contribution in [2.45, 2.75) is 20.4 Å². The summed E-state index contributed by atoms with van der Waals surface area (Å²) < 4.78 is 0. The van der Waals surface area contributed by atoms with Crippen molar-refractivity contribution in [2.75, 3.05) is 18.0 Å². The lowest BCUT2D eigenvalue weighted by Gasteiger charge is -2.21. The molecule has 3 rings (SSSR count). The van der Waals surface area contributed by atoms with Crippen LogP contribution in [0.5, 0.6) is 5.75 Å². The molecule has 1 aliphatic rings. The summed E-state index contributed by atoms with van der Waals surface area (Å²) in [7, 11) is 0. The van der Waals surface area contributed by atoms with Gasteiger partial charge in [0.05, 0.1) is 16.8 Å². The molecule has 0 radical (unpaired) electrons. The maximum Gasteiger partial charge on any atom is 0.266 e. The first kappa shape index (κ1) is 16.2. The first-order valence-electron chi connectivity index (χ1n) is 8.08. The Hall–Kier alpha value is -2.66. The Kier molecular flexibility index (Phi) is 4.36. The van der Waals surface area contributed by atoms with Gasteiger partial charge in [0.1, 0.15) is 5.75 Å². The molecule has 2 amide bonds. The summed E-state index contributed by atoms with van der Waals surface area (Å²) in [4.78, 5) is 28.5. The van der Waals surface area contributed by atoms with Crippen LogP contribution in [-0.4, -0.2) is 34.9 Å². The van der Waals surface area contributed by atoms with Gasteiger partial charge in [0, 0.05) is 12.1 Å². The number of anilines is 1. The van der Waals surface area contributed by atoms with Gasteiger partial charge in [-0.2, -0.15) is 0 Å². The molecule has 0 fully saturated rings. The van der Waals surface area contributed by atoms with E-state index in [0.29, 0.717) is 28.9 Å². The monoisotopic (exact) mass is 324 g/mol. The van der Waals surface area contributed by atoms with E-state index in [4.69, 9.17) is 0 Å². The molecule has 1 N–H and O–H groups in total. The Balaban J connectivity index is 1.96. The molecule has 24 heavy (non-hydrogen) atoms. The molecule has 0 bridgehead atoms. The van der Waals surface area contributed by atoms with Crippen LogP contribution in [0.4, 0.5) is 5.69 Å². The van der Waals surface area contributed by atoms with Crippen LogP contribution in [0.2, 0.25) is 0 Å². The number of fused-ring (bicyclic) bond motifs is 1. The van der Waals surface area contributed by atoms with E-state index in [0.717, 1.165) is 13.1 Å². The maximum absolute atomic E-state index is 12.6. The fourth-order valence-electron chi connectivity index (χ4n) is 2.95. The second kappa shape index (κ2) is 6.45. The van der Waals surface area contributed by atoms with Crippen molar-refractivity contribution < 1.29 is 14.7 Å². The summed E-state index contributed by atoms with van der Waals surface area (Å²) in [5.74, 6) is -0.479. The summed E-state index contributed by atoms with van der Waals surface area (Å²) in [5.41, 5.74) is 2.02. The smallest absolute Gasteiger partial charge is 0.266 e. The van der Waals surface area contributed by atoms with Gasteiger partial charge in [0.2, 0.25) is 0 Å². The summed E-state index contributed by atoms with van der Waals surface area (Å²) in [6, 6.07) is 11.7. The molecule has 5 nitrogen and oxygen atoms in total. The topological polar surface area (TPSA) is 60.9 Å². The van der Waals surface area contributed by atoms with E-state index >= 15 is 0 Å². The minimum absolute atomic E-state index is 0.169. The van der Waals surface area contributed by atoms with Gasteiger partial charge in [-0.25, -0.2) is 4.90 Å². The van der Waals surface area contributed by atoms with E-state index in [1.807, 2.05) is 0 Å². The van der Waals surface area contributed by atoms with Crippen molar-refractivity contribution in [1.82, 2.24) is 4.90 Å². The molecule has 1 aliphatic heterocycles. The highest BCUT2D eigenvalue weighted by atomic mass is 16.3. The second-order valence-electron chi connectivity index (χ2n) is 5.77. The number of hydrogen-bond donors (Lipinski definition) is 1. The first-order valence-corrected chi connectivity index (χ1v) is 8.08. The van der Waals surface area contributed by atoms with Gasteiger partial charge in [0.15, 0.2) is 0 Å². The van der Waals surface area contributed by atoms with E-state index in [9.17, 15) is 14.7 Å². The molecular formula is C19H20N2O3. The number of imide groups is 1. The summed E-state index contributed by atoms with van der Waals surface area (Å²) >= 11 is 0. The number of rotatable bonds is 5.